The van der Waals surface area contributed by atoms with Crippen LogP contribution in [0.2, 0.25) is 0 Å². The highest BCUT2D eigenvalue weighted by atomic mass is 16.5. The molecular formula is C17H21N3O2. The van der Waals surface area contributed by atoms with Crippen LogP contribution in [0.15, 0.2) is 42.7 Å². The molecule has 1 aromatic heterocycles. The fourth-order valence-electron chi connectivity index (χ4n) is 2.75. The lowest BCUT2D eigenvalue weighted by Crippen LogP contribution is -2.38. The Morgan fingerprint density at radius 3 is 2.77 bits per heavy atom. The standard InChI is InChI=1S/C17H21N3O2/c1-12-8-11-22-16(12)17(21)19-13(2)14-4-6-15(7-5-14)20-10-3-9-18-20/h3-7,9-10,12-13,16H,8,11H2,1-2H3,(H,19,21)/t12-,13+,16+/m1/s1. The molecule has 1 N–H and O–H groups in total. The summed E-state index contributed by atoms with van der Waals surface area (Å²) in [7, 11) is 0. The predicted molar refractivity (Wildman–Crippen MR) is 83.6 cm³/mol. The Morgan fingerprint density at radius 1 is 1.41 bits per heavy atom. The first-order valence-electron chi connectivity index (χ1n) is 7.67. The summed E-state index contributed by atoms with van der Waals surface area (Å²) in [6, 6.07) is 9.87. The molecule has 3 atom stereocenters. The van der Waals surface area contributed by atoms with Gasteiger partial charge in [0.25, 0.3) is 0 Å². The fourth-order valence-corrected chi connectivity index (χ4v) is 2.75. The number of amides is 1. The molecular weight excluding hydrogens is 278 g/mol. The predicted octanol–water partition coefficient (Wildman–Crippen LogP) is 2.47. The zero-order chi connectivity index (χ0) is 15.5. The van der Waals surface area contributed by atoms with Gasteiger partial charge in [-0.2, -0.15) is 5.10 Å². The second-order valence-electron chi connectivity index (χ2n) is 5.83. The van der Waals surface area contributed by atoms with Gasteiger partial charge in [-0.3, -0.25) is 4.79 Å². The number of nitrogens with one attached hydrogen (secondary N) is 1. The number of benzene rings is 1. The van der Waals surface area contributed by atoms with Crippen molar-refractivity contribution >= 4 is 5.91 Å². The minimum absolute atomic E-state index is 0.0198. The topological polar surface area (TPSA) is 56.1 Å². The summed E-state index contributed by atoms with van der Waals surface area (Å²) in [6.07, 6.45) is 4.29. The zero-order valence-electron chi connectivity index (χ0n) is 12.9. The Hall–Kier alpha value is -2.14. The SMILES string of the molecule is C[C@H](NC(=O)[C@H]1OCC[C@H]1C)c1ccc(-n2cccn2)cc1. The van der Waals surface area contributed by atoms with E-state index in [-0.39, 0.29) is 24.0 Å². The highest BCUT2D eigenvalue weighted by Gasteiger charge is 2.31. The van der Waals surface area contributed by atoms with Crippen LogP contribution in [-0.4, -0.2) is 28.4 Å². The highest BCUT2D eigenvalue weighted by molar-refractivity contribution is 5.81. The van der Waals surface area contributed by atoms with Gasteiger partial charge in [0, 0.05) is 19.0 Å². The van der Waals surface area contributed by atoms with Crippen LogP contribution >= 0.6 is 0 Å². The molecule has 2 heterocycles. The van der Waals surface area contributed by atoms with Gasteiger partial charge in [-0.05, 0) is 43.0 Å². The van der Waals surface area contributed by atoms with Crippen molar-refractivity contribution in [2.75, 3.05) is 6.61 Å². The van der Waals surface area contributed by atoms with Crippen molar-refractivity contribution in [3.8, 4) is 5.69 Å². The van der Waals surface area contributed by atoms with Crippen LogP contribution in [0.25, 0.3) is 5.69 Å². The van der Waals surface area contributed by atoms with Gasteiger partial charge in [0.15, 0.2) is 0 Å². The van der Waals surface area contributed by atoms with Crippen LogP contribution in [0, 0.1) is 5.92 Å². The van der Waals surface area contributed by atoms with Crippen LogP contribution in [0.3, 0.4) is 0 Å². The third kappa shape index (κ3) is 3.04. The molecule has 1 amide bonds. The molecule has 1 fully saturated rings. The van der Waals surface area contributed by atoms with Crippen molar-refractivity contribution in [3.63, 3.8) is 0 Å². The van der Waals surface area contributed by atoms with E-state index in [9.17, 15) is 4.79 Å². The average molecular weight is 299 g/mol. The second-order valence-corrected chi connectivity index (χ2v) is 5.83. The van der Waals surface area contributed by atoms with E-state index in [1.165, 1.54) is 0 Å². The molecule has 1 aliphatic rings. The lowest BCUT2D eigenvalue weighted by Gasteiger charge is -2.19. The number of hydrogen-bond donors (Lipinski definition) is 1. The summed E-state index contributed by atoms with van der Waals surface area (Å²) in [5.74, 6) is 0.267. The zero-order valence-corrected chi connectivity index (χ0v) is 12.9. The molecule has 1 saturated heterocycles. The summed E-state index contributed by atoms with van der Waals surface area (Å²) in [6.45, 7) is 4.72. The van der Waals surface area contributed by atoms with E-state index in [1.54, 1.807) is 10.9 Å². The third-order valence-electron chi connectivity index (χ3n) is 4.17. The molecule has 1 aliphatic heterocycles. The maximum Gasteiger partial charge on any atom is 0.249 e. The van der Waals surface area contributed by atoms with Gasteiger partial charge in [0.2, 0.25) is 5.91 Å². The van der Waals surface area contributed by atoms with Crippen molar-refractivity contribution < 1.29 is 9.53 Å². The Bertz CT molecular complexity index is 622. The summed E-state index contributed by atoms with van der Waals surface area (Å²) in [5.41, 5.74) is 2.06. The maximum absolute atomic E-state index is 12.2. The quantitative estimate of drug-likeness (QED) is 0.943. The molecule has 3 rings (SSSR count). The van der Waals surface area contributed by atoms with Gasteiger partial charge >= 0.3 is 0 Å². The third-order valence-corrected chi connectivity index (χ3v) is 4.17. The number of nitrogens with zero attached hydrogens (tertiary/aromatic N) is 2. The molecule has 116 valence electrons. The van der Waals surface area contributed by atoms with E-state index in [0.29, 0.717) is 6.61 Å². The first kappa shape index (κ1) is 14.8. The number of rotatable bonds is 4. The van der Waals surface area contributed by atoms with Gasteiger partial charge in [0.05, 0.1) is 11.7 Å². The van der Waals surface area contributed by atoms with Crippen LogP contribution in [0.4, 0.5) is 0 Å². The van der Waals surface area contributed by atoms with Crippen molar-refractivity contribution in [3.05, 3.63) is 48.3 Å². The van der Waals surface area contributed by atoms with Gasteiger partial charge < -0.3 is 10.1 Å². The molecule has 5 nitrogen and oxygen atoms in total. The second kappa shape index (κ2) is 6.32. The summed E-state index contributed by atoms with van der Waals surface area (Å²) < 4.78 is 7.31. The van der Waals surface area contributed by atoms with Crippen molar-refractivity contribution in [2.45, 2.75) is 32.4 Å². The van der Waals surface area contributed by atoms with E-state index in [0.717, 1.165) is 17.7 Å². The Morgan fingerprint density at radius 2 is 2.18 bits per heavy atom. The first-order valence-corrected chi connectivity index (χ1v) is 7.67. The monoisotopic (exact) mass is 299 g/mol. The van der Waals surface area contributed by atoms with Crippen LogP contribution in [-0.2, 0) is 9.53 Å². The van der Waals surface area contributed by atoms with E-state index >= 15 is 0 Å². The Kier molecular flexibility index (Phi) is 4.24. The molecule has 1 aromatic carbocycles. The Labute approximate surface area is 130 Å². The van der Waals surface area contributed by atoms with E-state index in [4.69, 9.17) is 4.74 Å². The summed E-state index contributed by atoms with van der Waals surface area (Å²) >= 11 is 0. The minimum Gasteiger partial charge on any atom is -0.368 e. The number of hydrogen-bond acceptors (Lipinski definition) is 3. The average Bonchev–Trinajstić information content (AvgIpc) is 3.18. The number of aromatic nitrogens is 2. The molecule has 0 aliphatic carbocycles. The summed E-state index contributed by atoms with van der Waals surface area (Å²) in [5, 5.41) is 7.24. The maximum atomic E-state index is 12.2. The molecule has 2 aromatic rings. The van der Waals surface area contributed by atoms with Gasteiger partial charge in [-0.15, -0.1) is 0 Å². The molecule has 0 unspecified atom stereocenters. The molecule has 0 saturated carbocycles. The molecule has 0 spiro atoms. The van der Waals surface area contributed by atoms with E-state index in [2.05, 4.69) is 17.3 Å². The van der Waals surface area contributed by atoms with Crippen molar-refractivity contribution in [1.82, 2.24) is 15.1 Å². The molecule has 0 bridgehead atoms. The molecule has 5 heteroatoms. The van der Waals surface area contributed by atoms with Crippen molar-refractivity contribution in [1.29, 1.82) is 0 Å². The lowest BCUT2D eigenvalue weighted by atomic mass is 10.0. The van der Waals surface area contributed by atoms with Crippen LogP contribution < -0.4 is 5.32 Å². The smallest absolute Gasteiger partial charge is 0.249 e. The number of carbonyl (C=O) groups is 1. The van der Waals surface area contributed by atoms with E-state index < -0.39 is 0 Å². The molecule has 0 radical (unpaired) electrons. The number of carbonyl (C=O) groups excluding carboxylic acids is 1. The highest BCUT2D eigenvalue weighted by Crippen LogP contribution is 2.22. The lowest BCUT2D eigenvalue weighted by molar-refractivity contribution is -0.132. The largest absolute Gasteiger partial charge is 0.368 e. The van der Waals surface area contributed by atoms with Crippen molar-refractivity contribution in [2.24, 2.45) is 5.92 Å². The minimum atomic E-state index is -0.314. The fraction of sp³-hybridized carbons (Fsp3) is 0.412. The van der Waals surface area contributed by atoms with E-state index in [1.807, 2.05) is 43.5 Å². The van der Waals surface area contributed by atoms with Crippen LogP contribution in [0.1, 0.15) is 31.9 Å². The normalized spacial score (nSPS) is 22.5. The molecule has 22 heavy (non-hydrogen) atoms. The first-order chi connectivity index (χ1) is 10.6. The van der Waals surface area contributed by atoms with Gasteiger partial charge in [0.1, 0.15) is 6.10 Å². The van der Waals surface area contributed by atoms with Crippen LogP contribution in [0.5, 0.6) is 0 Å². The van der Waals surface area contributed by atoms with Gasteiger partial charge in [-0.1, -0.05) is 19.1 Å². The number of ether oxygens (including phenoxy) is 1. The summed E-state index contributed by atoms with van der Waals surface area (Å²) in [4.78, 5) is 12.2. The Balaban J connectivity index is 1.65. The van der Waals surface area contributed by atoms with Gasteiger partial charge in [-0.25, -0.2) is 4.68 Å².